The summed E-state index contributed by atoms with van der Waals surface area (Å²) in [5, 5.41) is 11.0. The Morgan fingerprint density at radius 2 is 1.91 bits per heavy atom. The van der Waals surface area contributed by atoms with Crippen LogP contribution in [0.4, 0.5) is 13.2 Å². The molecule has 2 aromatic rings. The van der Waals surface area contributed by atoms with Gasteiger partial charge in [-0.05, 0) is 19.4 Å². The Labute approximate surface area is 139 Å². The number of halogens is 4. The molecule has 0 radical (unpaired) electrons. The SMILES string of the molecule is Br.Cc1ccc(C2=Nn3c(nnc3C(F)(F)F)SC2)c(C)c1. The maximum atomic E-state index is 12.9. The highest BCUT2D eigenvalue weighted by molar-refractivity contribution is 8.93. The summed E-state index contributed by atoms with van der Waals surface area (Å²) in [6.45, 7) is 3.88. The normalized spacial score (nSPS) is 14.1. The molecule has 0 unspecified atom stereocenters. The summed E-state index contributed by atoms with van der Waals surface area (Å²) < 4.78 is 39.4. The highest BCUT2D eigenvalue weighted by atomic mass is 79.9. The summed E-state index contributed by atoms with van der Waals surface area (Å²) in [6.07, 6.45) is -4.57. The summed E-state index contributed by atoms with van der Waals surface area (Å²) in [5.74, 6) is -0.619. The van der Waals surface area contributed by atoms with Gasteiger partial charge in [-0.25, -0.2) is 0 Å². The van der Waals surface area contributed by atoms with Crippen LogP contribution < -0.4 is 0 Å². The van der Waals surface area contributed by atoms with E-state index in [2.05, 4.69) is 15.3 Å². The van der Waals surface area contributed by atoms with Gasteiger partial charge in [-0.3, -0.25) is 0 Å². The molecule has 9 heteroatoms. The smallest absolute Gasteiger partial charge is 0.182 e. The van der Waals surface area contributed by atoms with Gasteiger partial charge in [0.25, 0.3) is 5.82 Å². The third kappa shape index (κ3) is 3.05. The molecule has 0 saturated carbocycles. The first kappa shape index (κ1) is 17.0. The Kier molecular flexibility index (Phi) is 4.67. The highest BCUT2D eigenvalue weighted by Gasteiger charge is 2.40. The molecule has 4 nitrogen and oxygen atoms in total. The van der Waals surface area contributed by atoms with Crippen LogP contribution in [0.25, 0.3) is 0 Å². The van der Waals surface area contributed by atoms with E-state index in [1.165, 1.54) is 11.8 Å². The molecule has 118 valence electrons. The number of benzene rings is 1. The number of rotatable bonds is 1. The van der Waals surface area contributed by atoms with Gasteiger partial charge < -0.3 is 0 Å². The minimum atomic E-state index is -4.57. The van der Waals surface area contributed by atoms with Crippen LogP contribution in [-0.4, -0.2) is 26.3 Å². The van der Waals surface area contributed by atoms with Gasteiger partial charge >= 0.3 is 6.18 Å². The Morgan fingerprint density at radius 1 is 1.18 bits per heavy atom. The number of thioether (sulfide) groups is 1. The summed E-state index contributed by atoms with van der Waals surface area (Å²) in [4.78, 5) is 0. The molecule has 1 aliphatic rings. The quantitative estimate of drug-likeness (QED) is 0.740. The van der Waals surface area contributed by atoms with Crippen molar-refractivity contribution in [1.82, 2.24) is 14.9 Å². The molecule has 1 aromatic heterocycles. The van der Waals surface area contributed by atoms with Crippen molar-refractivity contribution in [3.8, 4) is 0 Å². The van der Waals surface area contributed by atoms with Crippen LogP contribution in [0.15, 0.2) is 28.5 Å². The minimum absolute atomic E-state index is 0. The lowest BCUT2D eigenvalue weighted by atomic mass is 10.0. The topological polar surface area (TPSA) is 43.1 Å². The third-order valence-electron chi connectivity index (χ3n) is 3.12. The summed E-state index contributed by atoms with van der Waals surface area (Å²) in [6, 6.07) is 5.78. The van der Waals surface area contributed by atoms with Crippen LogP contribution in [0, 0.1) is 13.8 Å². The number of hydrogen-bond donors (Lipinski definition) is 0. The van der Waals surface area contributed by atoms with Crippen molar-refractivity contribution in [1.29, 1.82) is 0 Å². The fourth-order valence-corrected chi connectivity index (χ4v) is 3.00. The molecule has 0 atom stereocenters. The number of aryl methyl sites for hydroxylation is 2. The lowest BCUT2D eigenvalue weighted by Gasteiger charge is -2.16. The number of aromatic nitrogens is 3. The van der Waals surface area contributed by atoms with E-state index >= 15 is 0 Å². The lowest BCUT2D eigenvalue weighted by Crippen LogP contribution is -2.19. The van der Waals surface area contributed by atoms with E-state index in [0.717, 1.165) is 21.4 Å². The Hall–Kier alpha value is -1.35. The van der Waals surface area contributed by atoms with Crippen molar-refractivity contribution in [2.24, 2.45) is 5.10 Å². The van der Waals surface area contributed by atoms with Gasteiger partial charge in [-0.15, -0.1) is 27.2 Å². The summed E-state index contributed by atoms with van der Waals surface area (Å²) in [7, 11) is 0. The van der Waals surface area contributed by atoms with E-state index in [-0.39, 0.29) is 22.1 Å². The molecule has 3 rings (SSSR count). The van der Waals surface area contributed by atoms with Gasteiger partial charge in [-0.2, -0.15) is 22.9 Å². The van der Waals surface area contributed by atoms with Gasteiger partial charge in [0.2, 0.25) is 5.16 Å². The van der Waals surface area contributed by atoms with Gasteiger partial charge in [-0.1, -0.05) is 35.5 Å². The van der Waals surface area contributed by atoms with E-state index in [1.807, 2.05) is 32.0 Å². The number of alkyl halides is 3. The Morgan fingerprint density at radius 3 is 2.55 bits per heavy atom. The summed E-state index contributed by atoms with van der Waals surface area (Å²) in [5.41, 5.74) is 3.52. The second kappa shape index (κ2) is 6.04. The van der Waals surface area contributed by atoms with Crippen molar-refractivity contribution in [3.63, 3.8) is 0 Å². The van der Waals surface area contributed by atoms with Crippen LogP contribution in [0.1, 0.15) is 22.5 Å². The predicted molar refractivity (Wildman–Crippen MR) is 83.9 cm³/mol. The van der Waals surface area contributed by atoms with E-state index in [4.69, 9.17) is 0 Å². The molecule has 0 saturated heterocycles. The molecule has 0 bridgehead atoms. The summed E-state index contributed by atoms with van der Waals surface area (Å²) >= 11 is 1.20. The predicted octanol–water partition coefficient (Wildman–Crippen LogP) is 3.85. The first-order chi connectivity index (χ1) is 9.86. The lowest BCUT2D eigenvalue weighted by molar-refractivity contribution is -0.147. The highest BCUT2D eigenvalue weighted by Crippen LogP contribution is 2.33. The number of hydrogen-bond acceptors (Lipinski definition) is 4. The monoisotopic (exact) mass is 392 g/mol. The van der Waals surface area contributed by atoms with Gasteiger partial charge in [0.15, 0.2) is 0 Å². The van der Waals surface area contributed by atoms with Crippen molar-refractivity contribution < 1.29 is 13.2 Å². The fraction of sp³-hybridized carbons (Fsp3) is 0.308. The number of fused-ring (bicyclic) bond motifs is 1. The Bertz CT molecular complexity index is 739. The van der Waals surface area contributed by atoms with Crippen LogP contribution >= 0.6 is 28.7 Å². The molecule has 22 heavy (non-hydrogen) atoms. The van der Waals surface area contributed by atoms with Crippen LogP contribution in [-0.2, 0) is 6.18 Å². The average Bonchev–Trinajstić information content (AvgIpc) is 2.81. The van der Waals surface area contributed by atoms with Gasteiger partial charge in [0.1, 0.15) is 0 Å². The Balaban J connectivity index is 0.00000176. The largest absolute Gasteiger partial charge is 0.453 e. The zero-order valence-electron chi connectivity index (χ0n) is 11.7. The molecule has 2 heterocycles. The molecule has 0 N–H and O–H groups in total. The number of nitrogens with zero attached hydrogens (tertiary/aromatic N) is 4. The van der Waals surface area contributed by atoms with Gasteiger partial charge in [0.05, 0.1) is 5.71 Å². The van der Waals surface area contributed by atoms with Crippen molar-refractivity contribution >= 4 is 34.5 Å². The maximum Gasteiger partial charge on any atom is 0.453 e. The van der Waals surface area contributed by atoms with E-state index < -0.39 is 12.0 Å². The maximum absolute atomic E-state index is 12.9. The van der Waals surface area contributed by atoms with E-state index in [0.29, 0.717) is 11.5 Å². The van der Waals surface area contributed by atoms with Crippen molar-refractivity contribution in [2.45, 2.75) is 25.2 Å². The van der Waals surface area contributed by atoms with Crippen LogP contribution in [0.2, 0.25) is 0 Å². The molecular weight excluding hydrogens is 381 g/mol. The van der Waals surface area contributed by atoms with Crippen LogP contribution in [0.3, 0.4) is 0 Å². The molecule has 0 aliphatic carbocycles. The van der Waals surface area contributed by atoms with Crippen molar-refractivity contribution in [3.05, 3.63) is 40.7 Å². The first-order valence-corrected chi connectivity index (χ1v) is 7.15. The second-order valence-corrected chi connectivity index (χ2v) is 5.71. The fourth-order valence-electron chi connectivity index (χ4n) is 2.17. The van der Waals surface area contributed by atoms with Crippen LogP contribution in [0.5, 0.6) is 0 Å². The molecule has 0 fully saturated rings. The van der Waals surface area contributed by atoms with E-state index in [9.17, 15) is 13.2 Å². The molecule has 1 aromatic carbocycles. The molecule has 1 aliphatic heterocycles. The average molecular weight is 393 g/mol. The van der Waals surface area contributed by atoms with E-state index in [1.54, 1.807) is 0 Å². The molecule has 0 spiro atoms. The third-order valence-corrected chi connectivity index (χ3v) is 4.05. The molecule has 0 amide bonds. The first-order valence-electron chi connectivity index (χ1n) is 6.17. The zero-order chi connectivity index (χ0) is 15.2. The van der Waals surface area contributed by atoms with Gasteiger partial charge in [0, 0.05) is 11.3 Å². The second-order valence-electron chi connectivity index (χ2n) is 4.77. The zero-order valence-corrected chi connectivity index (χ0v) is 14.2. The molecular formula is C13H12BrF3N4S. The minimum Gasteiger partial charge on any atom is -0.182 e. The van der Waals surface area contributed by atoms with Crippen molar-refractivity contribution in [2.75, 3.05) is 5.75 Å². The standard InChI is InChI=1S/C13H11F3N4S.BrH/c1-7-3-4-9(8(2)5-7)10-6-21-12-18-17-11(13(14,15)16)20(12)19-10;/h3-5H,6H2,1-2H3;1H.